The van der Waals surface area contributed by atoms with Gasteiger partial charge in [-0.1, -0.05) is 87.2 Å². The molecule has 31 heavy (non-hydrogen) atoms. The van der Waals surface area contributed by atoms with Crippen LogP contribution < -0.4 is 9.75 Å². The molecule has 4 aromatic rings. The Labute approximate surface area is 191 Å². The quantitative estimate of drug-likeness (QED) is 0.245. The lowest BCUT2D eigenvalue weighted by atomic mass is 9.87. The zero-order chi connectivity index (χ0) is 24.1. The van der Waals surface area contributed by atoms with Crippen LogP contribution in [0.3, 0.4) is 0 Å². The lowest BCUT2D eigenvalue weighted by Gasteiger charge is -2.19. The van der Waals surface area contributed by atoms with Crippen molar-refractivity contribution in [2.75, 3.05) is 0 Å². The van der Waals surface area contributed by atoms with Crippen LogP contribution >= 0.6 is 0 Å². The predicted molar refractivity (Wildman–Crippen MR) is 138 cm³/mol. The Hall–Kier alpha value is -2.71. The molecule has 0 N–H and O–H groups in total. The van der Waals surface area contributed by atoms with Gasteiger partial charge < -0.3 is 0 Å². The van der Waals surface area contributed by atoms with E-state index in [0.29, 0.717) is 12.0 Å². The minimum atomic E-state index is -1.54. The number of aromatic nitrogens is 1. The van der Waals surface area contributed by atoms with E-state index in [9.17, 15) is 0 Å². The summed E-state index contributed by atoms with van der Waals surface area (Å²) < 4.78 is 19.4. The Kier molecular flexibility index (Phi) is 4.96. The first kappa shape index (κ1) is 19.0. The Morgan fingerprint density at radius 2 is 1.61 bits per heavy atom. The molecule has 158 valence electrons. The van der Waals surface area contributed by atoms with Crippen LogP contribution in [0.15, 0.2) is 72.9 Å². The third kappa shape index (κ3) is 4.09. The molecule has 0 aliphatic rings. The van der Waals surface area contributed by atoms with Crippen molar-refractivity contribution in [1.29, 1.82) is 0 Å². The number of nitrogens with zero attached hydrogens (tertiary/aromatic N) is 1. The molecule has 0 spiro atoms. The summed E-state index contributed by atoms with van der Waals surface area (Å²) in [4.78, 5) is 0. The van der Waals surface area contributed by atoms with Crippen LogP contribution in [0.2, 0.25) is 19.6 Å². The molecule has 1 heterocycles. The van der Waals surface area contributed by atoms with Gasteiger partial charge in [0.15, 0.2) is 6.17 Å². The summed E-state index contributed by atoms with van der Waals surface area (Å²) in [5, 5.41) is 3.24. The summed E-state index contributed by atoms with van der Waals surface area (Å²) in [6.07, 6.45) is 0.251. The van der Waals surface area contributed by atoms with Gasteiger partial charge in [-0.25, -0.2) is 4.57 Å². The number of pyridine rings is 1. The van der Waals surface area contributed by atoms with Gasteiger partial charge in [0.25, 0.3) is 0 Å². The molecule has 2 heteroatoms. The highest BCUT2D eigenvalue weighted by Gasteiger charge is 2.23. The number of hydrogen-bond donors (Lipinski definition) is 0. The molecule has 1 nitrogen and oxygen atoms in total. The lowest BCUT2D eigenvalue weighted by molar-refractivity contribution is -0.659. The summed E-state index contributed by atoms with van der Waals surface area (Å²) in [7, 11) is 0.382. The molecule has 4 rings (SSSR count). The van der Waals surface area contributed by atoms with Gasteiger partial charge in [0, 0.05) is 6.04 Å². The van der Waals surface area contributed by atoms with Crippen molar-refractivity contribution < 1.29 is 7.31 Å². The molecule has 0 saturated heterocycles. The van der Waals surface area contributed by atoms with Crippen LogP contribution in [-0.2, 0) is 7.05 Å². The average molecular weight is 427 g/mol. The van der Waals surface area contributed by atoms with Gasteiger partial charge >= 0.3 is 0 Å². The van der Waals surface area contributed by atoms with E-state index in [-0.39, 0.29) is 6.17 Å². The van der Waals surface area contributed by atoms with Crippen molar-refractivity contribution in [1.82, 2.24) is 0 Å². The second-order valence-electron chi connectivity index (χ2n) is 9.91. The predicted octanol–water partition coefficient (Wildman–Crippen LogP) is 6.98. The van der Waals surface area contributed by atoms with E-state index < -0.39 is 8.07 Å². The molecule has 0 radical (unpaired) electrons. The molecule has 0 aliphatic carbocycles. The molecule has 3 aromatic carbocycles. The zero-order valence-electron chi connectivity index (χ0n) is 21.8. The molecule has 0 amide bonds. The van der Waals surface area contributed by atoms with Crippen molar-refractivity contribution in [2.24, 2.45) is 7.05 Å². The number of benzene rings is 3. The van der Waals surface area contributed by atoms with Gasteiger partial charge in [-0.05, 0) is 52.6 Å². The monoisotopic (exact) mass is 426 g/mol. The van der Waals surface area contributed by atoms with Crippen molar-refractivity contribution in [2.45, 2.75) is 46.3 Å². The van der Waals surface area contributed by atoms with E-state index in [1.165, 1.54) is 27.4 Å². The number of hydrogen-bond acceptors (Lipinski definition) is 0. The van der Waals surface area contributed by atoms with Crippen LogP contribution in [0, 0.1) is 6.92 Å². The van der Waals surface area contributed by atoms with Crippen LogP contribution in [-0.4, -0.2) is 8.07 Å². The van der Waals surface area contributed by atoms with E-state index >= 15 is 0 Å². The van der Waals surface area contributed by atoms with Crippen LogP contribution in [0.1, 0.15) is 33.6 Å². The topological polar surface area (TPSA) is 3.88 Å². The van der Waals surface area contributed by atoms with E-state index in [0.717, 1.165) is 22.0 Å². The standard InChI is InChI=1S/C29H34NSi/c1-20(2)27-18-24(22-11-9-8-10-12-22)19-28(21(27)3)29-26-14-13-25(31(5,6)7)17-23(26)15-16-30(29)4/h8-20H,1-7H3/q+1/i15D,16D. The molecule has 1 aromatic heterocycles. The third-order valence-electron chi connectivity index (χ3n) is 6.27. The van der Waals surface area contributed by atoms with Gasteiger partial charge in [-0.3, -0.25) is 0 Å². The maximum atomic E-state index is 8.76. The Balaban J connectivity index is 2.11. The Morgan fingerprint density at radius 3 is 2.26 bits per heavy atom. The van der Waals surface area contributed by atoms with Crippen molar-refractivity contribution in [3.05, 3.63) is 84.0 Å². The van der Waals surface area contributed by atoms with Crippen molar-refractivity contribution in [3.8, 4) is 22.4 Å². The Morgan fingerprint density at radius 1 is 0.903 bits per heavy atom. The fraction of sp³-hybridized carbons (Fsp3) is 0.276. The first-order chi connectivity index (χ1) is 15.5. The minimum Gasteiger partial charge on any atom is -0.200 e. The van der Waals surface area contributed by atoms with E-state index in [1.807, 2.05) is 17.7 Å². The summed E-state index contributed by atoms with van der Waals surface area (Å²) >= 11 is 0. The largest absolute Gasteiger partial charge is 0.220 e. The highest BCUT2D eigenvalue weighted by Crippen LogP contribution is 2.36. The van der Waals surface area contributed by atoms with Gasteiger partial charge in [-0.2, -0.15) is 0 Å². The molecular formula is C29H34NSi+. The van der Waals surface area contributed by atoms with Gasteiger partial charge in [-0.15, -0.1) is 0 Å². The fourth-order valence-corrected chi connectivity index (χ4v) is 5.57. The average Bonchev–Trinajstić information content (AvgIpc) is 2.78. The highest BCUT2D eigenvalue weighted by molar-refractivity contribution is 6.88. The maximum Gasteiger partial charge on any atom is 0.220 e. The number of rotatable bonds is 4. The van der Waals surface area contributed by atoms with Gasteiger partial charge in [0.05, 0.1) is 20.4 Å². The minimum absolute atomic E-state index is 0.251. The van der Waals surface area contributed by atoms with E-state index in [4.69, 9.17) is 2.74 Å². The normalized spacial score (nSPS) is 12.9. The summed E-state index contributed by atoms with van der Waals surface area (Å²) in [6.45, 7) is 13.6. The van der Waals surface area contributed by atoms with Gasteiger partial charge in [0.1, 0.15) is 8.42 Å². The first-order valence-corrected chi connectivity index (χ1v) is 14.6. The van der Waals surface area contributed by atoms with Crippen LogP contribution in [0.25, 0.3) is 33.2 Å². The molecule has 0 aliphatic heterocycles. The Bertz CT molecular complexity index is 1350. The fourth-order valence-electron chi connectivity index (χ4n) is 4.41. The zero-order valence-corrected chi connectivity index (χ0v) is 20.8. The first-order valence-electron chi connectivity index (χ1n) is 12.1. The van der Waals surface area contributed by atoms with Crippen LogP contribution in [0.5, 0.6) is 0 Å². The molecule has 0 atom stereocenters. The van der Waals surface area contributed by atoms with Gasteiger partial charge in [0.2, 0.25) is 5.69 Å². The molecule has 0 fully saturated rings. The van der Waals surface area contributed by atoms with Crippen molar-refractivity contribution in [3.63, 3.8) is 0 Å². The second kappa shape index (κ2) is 8.09. The molecule has 0 unspecified atom stereocenters. The SMILES string of the molecule is [2H]c1c([2H])[n+](C)c(-c2cc(-c3ccccc3)cc(C(C)C)c2C)c2ccc([Si](C)(C)C)cc12. The molecular weight excluding hydrogens is 390 g/mol. The summed E-state index contributed by atoms with van der Waals surface area (Å²) in [6, 6.07) is 22.0. The smallest absolute Gasteiger partial charge is 0.200 e. The van der Waals surface area contributed by atoms with E-state index in [1.54, 1.807) is 0 Å². The highest BCUT2D eigenvalue weighted by atomic mass is 28.3. The van der Waals surface area contributed by atoms with Crippen LogP contribution in [0.4, 0.5) is 0 Å². The maximum absolute atomic E-state index is 8.76. The van der Waals surface area contributed by atoms with E-state index in [2.05, 4.69) is 95.0 Å². The summed E-state index contributed by atoms with van der Waals surface area (Å²) in [5.41, 5.74) is 7.10. The molecule has 0 saturated carbocycles. The molecule has 0 bridgehead atoms. The lowest BCUT2D eigenvalue weighted by Crippen LogP contribution is -2.37. The summed E-state index contributed by atoms with van der Waals surface area (Å²) in [5.74, 6) is 0.383. The number of fused-ring (bicyclic) bond motifs is 1. The van der Waals surface area contributed by atoms with Crippen molar-refractivity contribution >= 4 is 24.0 Å². The second-order valence-corrected chi connectivity index (χ2v) is 15.0. The third-order valence-corrected chi connectivity index (χ3v) is 8.31.